The molecule has 2 atom stereocenters. The van der Waals surface area contributed by atoms with Crippen molar-refractivity contribution in [2.45, 2.75) is 78.4 Å². The minimum absolute atomic E-state index is 0.177. The number of ether oxygens (including phenoxy) is 1. The van der Waals surface area contributed by atoms with Gasteiger partial charge in [0.05, 0.1) is 6.10 Å². The van der Waals surface area contributed by atoms with Crippen LogP contribution in [0.25, 0.3) is 0 Å². The number of aliphatic imine (C=N–C) groups is 1. The van der Waals surface area contributed by atoms with Crippen molar-refractivity contribution in [1.82, 2.24) is 15.5 Å². The Balaban J connectivity index is 1.82. The van der Waals surface area contributed by atoms with E-state index < -0.39 is 0 Å². The van der Waals surface area contributed by atoms with Crippen molar-refractivity contribution in [3.05, 3.63) is 0 Å². The van der Waals surface area contributed by atoms with Crippen LogP contribution >= 0.6 is 0 Å². The van der Waals surface area contributed by atoms with E-state index >= 15 is 0 Å². The van der Waals surface area contributed by atoms with Gasteiger partial charge < -0.3 is 20.3 Å². The van der Waals surface area contributed by atoms with E-state index in [0.717, 1.165) is 51.2 Å². The molecule has 5 nitrogen and oxygen atoms in total. The van der Waals surface area contributed by atoms with E-state index in [4.69, 9.17) is 9.73 Å². The molecule has 1 saturated carbocycles. The Morgan fingerprint density at radius 1 is 1.12 bits per heavy atom. The SMILES string of the molecule is CCNC(=NCC1CCCOC1C(C)(C)C)NCCN(C)C1CCCC1. The highest BCUT2D eigenvalue weighted by molar-refractivity contribution is 5.79. The Morgan fingerprint density at radius 2 is 1.85 bits per heavy atom. The molecule has 1 aliphatic heterocycles. The van der Waals surface area contributed by atoms with Crippen molar-refractivity contribution >= 4 is 5.96 Å². The van der Waals surface area contributed by atoms with Crippen molar-refractivity contribution in [1.29, 1.82) is 0 Å². The summed E-state index contributed by atoms with van der Waals surface area (Å²) < 4.78 is 6.10. The van der Waals surface area contributed by atoms with Gasteiger partial charge in [0.1, 0.15) is 0 Å². The lowest BCUT2D eigenvalue weighted by Crippen LogP contribution is -2.44. The van der Waals surface area contributed by atoms with Gasteiger partial charge in [0.2, 0.25) is 0 Å². The van der Waals surface area contributed by atoms with Gasteiger partial charge in [0.15, 0.2) is 5.96 Å². The summed E-state index contributed by atoms with van der Waals surface area (Å²) in [6.07, 6.45) is 8.19. The molecule has 0 bridgehead atoms. The molecule has 0 aromatic carbocycles. The molecule has 0 radical (unpaired) electrons. The number of guanidine groups is 1. The van der Waals surface area contributed by atoms with Gasteiger partial charge in [0, 0.05) is 44.7 Å². The highest BCUT2D eigenvalue weighted by Crippen LogP contribution is 2.34. The van der Waals surface area contributed by atoms with Gasteiger partial charge in [-0.1, -0.05) is 33.6 Å². The Labute approximate surface area is 161 Å². The quantitative estimate of drug-likeness (QED) is 0.536. The molecule has 2 rings (SSSR count). The van der Waals surface area contributed by atoms with Gasteiger partial charge in [-0.2, -0.15) is 0 Å². The maximum absolute atomic E-state index is 6.10. The average Bonchev–Trinajstić information content (AvgIpc) is 3.13. The van der Waals surface area contributed by atoms with Crippen LogP contribution in [0.4, 0.5) is 0 Å². The minimum Gasteiger partial charge on any atom is -0.377 e. The highest BCUT2D eigenvalue weighted by atomic mass is 16.5. The normalized spacial score (nSPS) is 25.7. The second-order valence-corrected chi connectivity index (χ2v) is 9.13. The van der Waals surface area contributed by atoms with Crippen LogP contribution in [0, 0.1) is 11.3 Å². The molecule has 1 aliphatic carbocycles. The van der Waals surface area contributed by atoms with Crippen LogP contribution in [0.2, 0.25) is 0 Å². The molecule has 0 aromatic heterocycles. The van der Waals surface area contributed by atoms with Crippen molar-refractivity contribution in [3.8, 4) is 0 Å². The minimum atomic E-state index is 0.177. The molecular formula is C21H42N4O. The van der Waals surface area contributed by atoms with Crippen LogP contribution in [-0.2, 0) is 4.74 Å². The molecule has 2 unspecified atom stereocenters. The molecule has 0 amide bonds. The molecular weight excluding hydrogens is 324 g/mol. The van der Waals surface area contributed by atoms with Crippen LogP contribution in [0.3, 0.4) is 0 Å². The van der Waals surface area contributed by atoms with E-state index in [1.54, 1.807) is 0 Å². The molecule has 1 heterocycles. The maximum Gasteiger partial charge on any atom is 0.191 e. The summed E-state index contributed by atoms with van der Waals surface area (Å²) in [6.45, 7) is 13.6. The standard InChI is InChI=1S/C21H42N4O/c1-6-22-20(23-13-14-25(5)18-11-7-8-12-18)24-16-17-10-9-15-26-19(17)21(2,3)4/h17-19H,6-16H2,1-5H3,(H2,22,23,24). The largest absolute Gasteiger partial charge is 0.377 e. The van der Waals surface area contributed by atoms with E-state index in [9.17, 15) is 0 Å². The van der Waals surface area contributed by atoms with E-state index in [-0.39, 0.29) is 5.41 Å². The number of hydrogen-bond acceptors (Lipinski definition) is 3. The molecule has 2 fully saturated rings. The summed E-state index contributed by atoms with van der Waals surface area (Å²) in [4.78, 5) is 7.40. The van der Waals surface area contributed by atoms with E-state index in [2.05, 4.69) is 50.3 Å². The van der Waals surface area contributed by atoms with E-state index in [0.29, 0.717) is 12.0 Å². The zero-order valence-corrected chi connectivity index (χ0v) is 17.8. The fraction of sp³-hybridized carbons (Fsp3) is 0.952. The summed E-state index contributed by atoms with van der Waals surface area (Å²) >= 11 is 0. The first-order valence-corrected chi connectivity index (χ1v) is 10.8. The van der Waals surface area contributed by atoms with Crippen LogP contribution in [0.1, 0.15) is 66.2 Å². The number of hydrogen-bond donors (Lipinski definition) is 2. The molecule has 26 heavy (non-hydrogen) atoms. The third-order valence-corrected chi connectivity index (χ3v) is 5.83. The van der Waals surface area contributed by atoms with Crippen LogP contribution in [-0.4, -0.2) is 62.8 Å². The highest BCUT2D eigenvalue weighted by Gasteiger charge is 2.35. The van der Waals surface area contributed by atoms with E-state index in [1.165, 1.54) is 32.1 Å². The summed E-state index contributed by atoms with van der Waals surface area (Å²) in [5.41, 5.74) is 0.177. The predicted molar refractivity (Wildman–Crippen MR) is 111 cm³/mol. The first kappa shape index (κ1) is 21.5. The Kier molecular flexibility index (Phi) is 8.68. The number of rotatable bonds is 7. The summed E-state index contributed by atoms with van der Waals surface area (Å²) in [5, 5.41) is 6.92. The molecule has 0 spiro atoms. The lowest BCUT2D eigenvalue weighted by molar-refractivity contribution is -0.0823. The maximum atomic E-state index is 6.10. The third kappa shape index (κ3) is 6.73. The number of likely N-dealkylation sites (N-methyl/N-ethyl adjacent to an activating group) is 1. The van der Waals surface area contributed by atoms with Gasteiger partial charge in [-0.25, -0.2) is 0 Å². The Morgan fingerprint density at radius 3 is 2.50 bits per heavy atom. The van der Waals surface area contributed by atoms with Crippen molar-refractivity contribution in [3.63, 3.8) is 0 Å². The topological polar surface area (TPSA) is 48.9 Å². The predicted octanol–water partition coefficient (Wildman–Crippen LogP) is 3.26. The Hall–Kier alpha value is -0.810. The first-order valence-electron chi connectivity index (χ1n) is 10.8. The second kappa shape index (κ2) is 10.5. The average molecular weight is 367 g/mol. The number of nitrogens with zero attached hydrogens (tertiary/aromatic N) is 2. The summed E-state index contributed by atoms with van der Waals surface area (Å²) in [6, 6.07) is 0.781. The van der Waals surface area contributed by atoms with Crippen LogP contribution in [0.5, 0.6) is 0 Å². The summed E-state index contributed by atoms with van der Waals surface area (Å²) in [5.74, 6) is 1.46. The monoisotopic (exact) mass is 366 g/mol. The second-order valence-electron chi connectivity index (χ2n) is 9.13. The lowest BCUT2D eigenvalue weighted by Gasteiger charge is -2.39. The van der Waals surface area contributed by atoms with Crippen molar-refractivity contribution in [2.75, 3.05) is 39.8 Å². The lowest BCUT2D eigenvalue weighted by atomic mass is 9.78. The van der Waals surface area contributed by atoms with E-state index in [1.807, 2.05) is 0 Å². The van der Waals surface area contributed by atoms with Crippen molar-refractivity contribution in [2.24, 2.45) is 16.3 Å². The van der Waals surface area contributed by atoms with Gasteiger partial charge in [0.25, 0.3) is 0 Å². The van der Waals surface area contributed by atoms with Crippen LogP contribution < -0.4 is 10.6 Å². The molecule has 5 heteroatoms. The molecule has 1 saturated heterocycles. The van der Waals surface area contributed by atoms with Gasteiger partial charge in [-0.3, -0.25) is 4.99 Å². The molecule has 2 N–H and O–H groups in total. The zero-order chi connectivity index (χ0) is 19.0. The van der Waals surface area contributed by atoms with Crippen molar-refractivity contribution < 1.29 is 4.74 Å². The molecule has 152 valence electrons. The number of nitrogens with one attached hydrogen (secondary N) is 2. The van der Waals surface area contributed by atoms with Gasteiger partial charge in [-0.15, -0.1) is 0 Å². The fourth-order valence-corrected chi connectivity index (χ4v) is 4.42. The molecule has 2 aliphatic rings. The van der Waals surface area contributed by atoms with Gasteiger partial charge >= 0.3 is 0 Å². The fourth-order valence-electron chi connectivity index (χ4n) is 4.42. The smallest absolute Gasteiger partial charge is 0.191 e. The summed E-state index contributed by atoms with van der Waals surface area (Å²) in [7, 11) is 2.26. The first-order chi connectivity index (χ1) is 12.4. The van der Waals surface area contributed by atoms with Crippen LogP contribution in [0.15, 0.2) is 4.99 Å². The zero-order valence-electron chi connectivity index (χ0n) is 17.8. The Bertz CT molecular complexity index is 426. The molecule has 0 aromatic rings. The van der Waals surface area contributed by atoms with Gasteiger partial charge in [-0.05, 0) is 45.1 Å². The third-order valence-electron chi connectivity index (χ3n) is 5.83.